The lowest BCUT2D eigenvalue weighted by Crippen LogP contribution is -2.32. The Kier molecular flexibility index (Phi) is 5.14. The van der Waals surface area contributed by atoms with E-state index in [1.807, 2.05) is 27.0 Å². The van der Waals surface area contributed by atoms with Crippen LogP contribution in [0.2, 0.25) is 0 Å². The smallest absolute Gasteiger partial charge is 0.271 e. The molecule has 2 aromatic rings. The zero-order valence-corrected chi connectivity index (χ0v) is 14.7. The number of hydrogen-bond donors (Lipinski definition) is 1. The van der Waals surface area contributed by atoms with Crippen LogP contribution in [0.3, 0.4) is 0 Å². The second-order valence-corrected chi connectivity index (χ2v) is 7.62. The van der Waals surface area contributed by atoms with Crippen molar-refractivity contribution in [3.63, 3.8) is 0 Å². The van der Waals surface area contributed by atoms with Crippen molar-refractivity contribution in [3.05, 3.63) is 34.8 Å². The Morgan fingerprint density at radius 2 is 2.17 bits per heavy atom. The Balaban J connectivity index is 2.27. The van der Waals surface area contributed by atoms with E-state index in [0.29, 0.717) is 16.6 Å². The Morgan fingerprint density at radius 1 is 1.46 bits per heavy atom. The molecule has 0 saturated heterocycles. The van der Waals surface area contributed by atoms with Gasteiger partial charge in [0.25, 0.3) is 5.91 Å². The average molecular weight is 347 g/mol. The summed E-state index contributed by atoms with van der Waals surface area (Å²) in [6.45, 7) is 8.31. The van der Waals surface area contributed by atoms with Crippen molar-refractivity contribution >= 4 is 28.1 Å². The van der Waals surface area contributed by atoms with Gasteiger partial charge in [0, 0.05) is 17.5 Å². The first-order valence-electron chi connectivity index (χ1n) is 7.27. The highest BCUT2D eigenvalue weighted by atomic mass is 32.1. The van der Waals surface area contributed by atoms with Crippen LogP contribution in [-0.2, 0) is 0 Å². The summed E-state index contributed by atoms with van der Waals surface area (Å²) in [6.07, 6.45) is 4.36. The molecule has 0 radical (unpaired) electrons. The number of aromatic nitrogens is 2. The van der Waals surface area contributed by atoms with Gasteiger partial charge in [-0.1, -0.05) is 20.8 Å². The van der Waals surface area contributed by atoms with Crippen LogP contribution in [0.5, 0.6) is 0 Å². The standard InChI is InChI=1S/C16H18FN5OS/c1-10-13(14(23)20-8-16(2,3)4)21-15(24-10)22(9-18)12-5-11(17)6-19-7-12/h5-7H,8H2,1-4H3,(H,20,23). The number of nitrogens with zero attached hydrogens (tertiary/aromatic N) is 4. The lowest BCUT2D eigenvalue weighted by atomic mass is 9.97. The largest absolute Gasteiger partial charge is 0.350 e. The van der Waals surface area contributed by atoms with Crippen LogP contribution in [-0.4, -0.2) is 22.4 Å². The zero-order valence-electron chi connectivity index (χ0n) is 13.9. The molecule has 0 aliphatic rings. The molecule has 2 heterocycles. The minimum absolute atomic E-state index is 0.0473. The number of halogens is 1. The van der Waals surface area contributed by atoms with E-state index in [1.165, 1.54) is 23.6 Å². The van der Waals surface area contributed by atoms with Gasteiger partial charge in [0.15, 0.2) is 6.19 Å². The first-order valence-corrected chi connectivity index (χ1v) is 8.09. The summed E-state index contributed by atoms with van der Waals surface area (Å²) in [6, 6.07) is 1.19. The van der Waals surface area contributed by atoms with Gasteiger partial charge in [-0.05, 0) is 12.3 Å². The molecule has 0 atom stereocenters. The summed E-state index contributed by atoms with van der Waals surface area (Å²) < 4.78 is 13.3. The maximum absolute atomic E-state index is 13.3. The monoisotopic (exact) mass is 347 g/mol. The third-order valence-electron chi connectivity index (χ3n) is 3.02. The Bertz CT molecular complexity index is 790. The minimum Gasteiger partial charge on any atom is -0.350 e. The molecule has 0 unspecified atom stereocenters. The van der Waals surface area contributed by atoms with Gasteiger partial charge in [-0.2, -0.15) is 5.26 Å². The van der Waals surface area contributed by atoms with E-state index in [0.717, 1.165) is 11.1 Å². The molecule has 0 spiro atoms. The molecule has 0 aliphatic heterocycles. The van der Waals surface area contributed by atoms with Crippen molar-refractivity contribution in [3.8, 4) is 6.19 Å². The first kappa shape index (κ1) is 17.8. The topological polar surface area (TPSA) is 81.9 Å². The molecule has 6 nitrogen and oxygen atoms in total. The van der Waals surface area contributed by atoms with E-state index in [-0.39, 0.29) is 22.7 Å². The molecular weight excluding hydrogens is 329 g/mol. The Morgan fingerprint density at radius 3 is 2.75 bits per heavy atom. The Hall–Kier alpha value is -2.53. The van der Waals surface area contributed by atoms with Gasteiger partial charge < -0.3 is 5.32 Å². The quantitative estimate of drug-likeness (QED) is 0.677. The van der Waals surface area contributed by atoms with Crippen LogP contribution < -0.4 is 10.2 Å². The summed E-state index contributed by atoms with van der Waals surface area (Å²) in [4.78, 5) is 22.1. The number of hydrogen-bond acceptors (Lipinski definition) is 6. The van der Waals surface area contributed by atoms with Gasteiger partial charge in [-0.3, -0.25) is 9.78 Å². The van der Waals surface area contributed by atoms with Gasteiger partial charge >= 0.3 is 0 Å². The van der Waals surface area contributed by atoms with Crippen molar-refractivity contribution in [2.45, 2.75) is 27.7 Å². The number of carbonyl (C=O) groups is 1. The highest BCUT2D eigenvalue weighted by Crippen LogP contribution is 2.31. The third kappa shape index (κ3) is 4.26. The first-order chi connectivity index (χ1) is 11.2. The van der Waals surface area contributed by atoms with E-state index in [4.69, 9.17) is 0 Å². The minimum atomic E-state index is -0.552. The maximum atomic E-state index is 13.3. The molecule has 24 heavy (non-hydrogen) atoms. The fourth-order valence-corrected chi connectivity index (χ4v) is 2.74. The molecule has 0 fully saturated rings. The van der Waals surface area contributed by atoms with Crippen molar-refractivity contribution < 1.29 is 9.18 Å². The van der Waals surface area contributed by atoms with E-state index in [2.05, 4.69) is 15.3 Å². The van der Waals surface area contributed by atoms with Crippen molar-refractivity contribution in [1.29, 1.82) is 5.26 Å². The van der Waals surface area contributed by atoms with Crippen molar-refractivity contribution in [2.75, 3.05) is 11.4 Å². The van der Waals surface area contributed by atoms with E-state index in [1.54, 1.807) is 6.92 Å². The SMILES string of the molecule is Cc1sc(N(C#N)c2cncc(F)c2)nc1C(=O)NCC(C)(C)C. The lowest BCUT2D eigenvalue weighted by Gasteiger charge is -2.18. The molecule has 126 valence electrons. The molecule has 0 aromatic carbocycles. The predicted molar refractivity (Wildman–Crippen MR) is 90.6 cm³/mol. The normalized spacial score (nSPS) is 11.0. The molecule has 2 aromatic heterocycles. The molecule has 0 bridgehead atoms. The Labute approximate surface area is 144 Å². The third-order valence-corrected chi connectivity index (χ3v) is 3.98. The number of thiazole rings is 1. The van der Waals surface area contributed by atoms with Crippen LogP contribution in [0.4, 0.5) is 15.2 Å². The summed E-state index contributed by atoms with van der Waals surface area (Å²) in [7, 11) is 0. The van der Waals surface area contributed by atoms with Gasteiger partial charge in [0.1, 0.15) is 11.5 Å². The number of aryl methyl sites for hydroxylation is 1. The fourth-order valence-electron chi connectivity index (χ4n) is 1.85. The lowest BCUT2D eigenvalue weighted by molar-refractivity contribution is 0.0934. The molecule has 1 amide bonds. The number of anilines is 2. The molecule has 1 N–H and O–H groups in total. The number of carbonyl (C=O) groups excluding carboxylic acids is 1. The second-order valence-electron chi connectivity index (χ2n) is 6.44. The van der Waals surface area contributed by atoms with Gasteiger partial charge in [0.2, 0.25) is 5.13 Å². The molecule has 8 heteroatoms. The van der Waals surface area contributed by atoms with Crippen molar-refractivity contribution in [2.24, 2.45) is 5.41 Å². The van der Waals surface area contributed by atoms with Crippen LogP contribution >= 0.6 is 11.3 Å². The zero-order chi connectivity index (χ0) is 17.9. The van der Waals surface area contributed by atoms with Crippen LogP contribution in [0.15, 0.2) is 18.5 Å². The average Bonchev–Trinajstić information content (AvgIpc) is 2.87. The number of amides is 1. The van der Waals surface area contributed by atoms with E-state index < -0.39 is 5.82 Å². The van der Waals surface area contributed by atoms with Crippen LogP contribution in [0.25, 0.3) is 0 Å². The number of nitriles is 1. The number of pyridine rings is 1. The summed E-state index contributed by atoms with van der Waals surface area (Å²) in [5, 5.41) is 12.5. The number of rotatable bonds is 4. The van der Waals surface area contributed by atoms with E-state index in [9.17, 15) is 14.4 Å². The molecule has 2 rings (SSSR count). The molecule has 0 saturated carbocycles. The fraction of sp³-hybridized carbons (Fsp3) is 0.375. The van der Waals surface area contributed by atoms with Crippen LogP contribution in [0.1, 0.15) is 36.1 Å². The molecule has 0 aliphatic carbocycles. The second kappa shape index (κ2) is 6.93. The van der Waals surface area contributed by atoms with Gasteiger partial charge in [0.05, 0.1) is 18.1 Å². The maximum Gasteiger partial charge on any atom is 0.271 e. The van der Waals surface area contributed by atoms with E-state index >= 15 is 0 Å². The van der Waals surface area contributed by atoms with Crippen LogP contribution in [0, 0.1) is 29.6 Å². The van der Waals surface area contributed by atoms with Gasteiger partial charge in [-0.25, -0.2) is 14.3 Å². The summed E-state index contributed by atoms with van der Waals surface area (Å²) >= 11 is 1.19. The highest BCUT2D eigenvalue weighted by Gasteiger charge is 2.21. The highest BCUT2D eigenvalue weighted by molar-refractivity contribution is 7.16. The predicted octanol–water partition coefficient (Wildman–Crippen LogP) is 3.38. The summed E-state index contributed by atoms with van der Waals surface area (Å²) in [5.74, 6) is -0.843. The molecular formula is C16H18FN5OS. The number of nitrogens with one attached hydrogen (secondary N) is 1. The van der Waals surface area contributed by atoms with Gasteiger partial charge in [-0.15, -0.1) is 11.3 Å². The van der Waals surface area contributed by atoms with Crippen molar-refractivity contribution in [1.82, 2.24) is 15.3 Å². The summed E-state index contributed by atoms with van der Waals surface area (Å²) in [5.41, 5.74) is 0.477.